The highest BCUT2D eigenvalue weighted by Gasteiger charge is 2.22. The highest BCUT2D eigenvalue weighted by molar-refractivity contribution is 5.99. The smallest absolute Gasteiger partial charge is 0.319 e. The zero-order valence-corrected chi connectivity index (χ0v) is 18.5. The molecule has 2 aliphatic rings. The second kappa shape index (κ2) is 8.86. The van der Waals surface area contributed by atoms with Crippen LogP contribution in [0.3, 0.4) is 0 Å². The molecule has 0 aromatic heterocycles. The molecule has 0 bridgehead atoms. The number of nitrogens with zero attached hydrogens (tertiary/aromatic N) is 2. The molecule has 7 nitrogen and oxygen atoms in total. The van der Waals surface area contributed by atoms with Gasteiger partial charge in [-0.2, -0.15) is 0 Å². The van der Waals surface area contributed by atoms with E-state index in [2.05, 4.69) is 51.9 Å². The fourth-order valence-corrected chi connectivity index (χ4v) is 4.26. The van der Waals surface area contributed by atoms with Crippen LogP contribution in [0.1, 0.15) is 16.7 Å². The Morgan fingerprint density at radius 1 is 1.00 bits per heavy atom. The van der Waals surface area contributed by atoms with E-state index in [1.165, 1.54) is 21.7 Å². The molecule has 0 fully saturated rings. The third kappa shape index (κ3) is 4.48. The monoisotopic (exact) mass is 442 g/mol. The number of fused-ring (bicyclic) bond motifs is 2. The summed E-state index contributed by atoms with van der Waals surface area (Å²) in [6.45, 7) is 2.37. The first kappa shape index (κ1) is 20.9. The van der Waals surface area contributed by atoms with Gasteiger partial charge >= 0.3 is 6.03 Å². The predicted molar refractivity (Wildman–Crippen MR) is 129 cm³/mol. The van der Waals surface area contributed by atoms with Crippen molar-refractivity contribution in [1.29, 1.82) is 0 Å². The van der Waals surface area contributed by atoms with Gasteiger partial charge in [0, 0.05) is 38.1 Å². The molecule has 2 heterocycles. The molecule has 3 aromatic rings. The topological polar surface area (TPSA) is 73.9 Å². The maximum Gasteiger partial charge on any atom is 0.319 e. The first-order valence-corrected chi connectivity index (χ1v) is 11.1. The average Bonchev–Trinajstić information content (AvgIpc) is 3.24. The number of likely N-dealkylation sites (N-methyl/N-ethyl adjacent to an activating group) is 1. The van der Waals surface area contributed by atoms with Crippen molar-refractivity contribution in [2.24, 2.45) is 0 Å². The van der Waals surface area contributed by atoms with Gasteiger partial charge in [0.1, 0.15) is 5.75 Å². The molecule has 0 saturated heterocycles. The molecule has 0 spiro atoms. The van der Waals surface area contributed by atoms with Crippen LogP contribution in [-0.2, 0) is 24.3 Å². The van der Waals surface area contributed by atoms with Crippen molar-refractivity contribution in [3.05, 3.63) is 83.4 Å². The molecule has 0 saturated carbocycles. The normalized spacial score (nSPS) is 14.4. The number of para-hydroxylation sites is 1. The summed E-state index contributed by atoms with van der Waals surface area (Å²) in [5.41, 5.74) is 6.24. The van der Waals surface area contributed by atoms with Gasteiger partial charge in [0.05, 0.1) is 5.69 Å². The first-order chi connectivity index (χ1) is 16.1. The van der Waals surface area contributed by atoms with E-state index in [4.69, 9.17) is 4.74 Å². The minimum atomic E-state index is -0.307. The number of carbonyl (C=O) groups is 2. The van der Waals surface area contributed by atoms with E-state index in [9.17, 15) is 9.59 Å². The minimum absolute atomic E-state index is 0.0286. The highest BCUT2D eigenvalue weighted by atomic mass is 16.5. The van der Waals surface area contributed by atoms with Gasteiger partial charge in [-0.1, -0.05) is 42.5 Å². The van der Waals surface area contributed by atoms with Crippen LogP contribution in [0.25, 0.3) is 0 Å². The number of benzene rings is 3. The Hall–Kier alpha value is -4.00. The molecule has 33 heavy (non-hydrogen) atoms. The Labute approximate surface area is 193 Å². The first-order valence-electron chi connectivity index (χ1n) is 11.1. The maximum atomic E-state index is 12.4. The van der Waals surface area contributed by atoms with Gasteiger partial charge in [-0.25, -0.2) is 4.79 Å². The molecule has 0 unspecified atom stereocenters. The van der Waals surface area contributed by atoms with Crippen molar-refractivity contribution in [1.82, 2.24) is 5.32 Å². The van der Waals surface area contributed by atoms with E-state index in [0.717, 1.165) is 25.1 Å². The molecule has 5 rings (SSSR count). The summed E-state index contributed by atoms with van der Waals surface area (Å²) in [4.78, 5) is 28.1. The van der Waals surface area contributed by atoms with Gasteiger partial charge in [0.2, 0.25) is 0 Å². The SMILES string of the molecule is CN1C(=O)COc2ccc(NC(=O)NCc3ccc(CN4CCc5ccccc54)cc3)cc21. The molecule has 0 aliphatic carbocycles. The van der Waals surface area contributed by atoms with Crippen LogP contribution >= 0.6 is 0 Å². The predicted octanol–water partition coefficient (Wildman–Crippen LogP) is 3.93. The van der Waals surface area contributed by atoms with Gasteiger partial charge in [-0.3, -0.25) is 4.79 Å². The van der Waals surface area contributed by atoms with Crippen molar-refractivity contribution >= 4 is 29.0 Å². The summed E-state index contributed by atoms with van der Waals surface area (Å²) in [6.07, 6.45) is 1.09. The number of hydrogen-bond acceptors (Lipinski definition) is 4. The van der Waals surface area contributed by atoms with Crippen molar-refractivity contribution in [2.45, 2.75) is 19.5 Å². The molecular weight excluding hydrogens is 416 g/mol. The second-order valence-electron chi connectivity index (χ2n) is 8.35. The lowest BCUT2D eigenvalue weighted by Gasteiger charge is -2.26. The summed E-state index contributed by atoms with van der Waals surface area (Å²) in [5.74, 6) is 0.502. The van der Waals surface area contributed by atoms with E-state index in [0.29, 0.717) is 23.7 Å². The van der Waals surface area contributed by atoms with Crippen molar-refractivity contribution < 1.29 is 14.3 Å². The number of anilines is 3. The van der Waals surface area contributed by atoms with E-state index >= 15 is 0 Å². The lowest BCUT2D eigenvalue weighted by atomic mass is 10.1. The summed E-state index contributed by atoms with van der Waals surface area (Å²) >= 11 is 0. The molecule has 0 atom stereocenters. The van der Waals surface area contributed by atoms with E-state index in [-0.39, 0.29) is 18.5 Å². The minimum Gasteiger partial charge on any atom is -0.482 e. The fraction of sp³-hybridized carbons (Fsp3) is 0.231. The number of nitrogens with one attached hydrogen (secondary N) is 2. The molecule has 3 aromatic carbocycles. The number of carbonyl (C=O) groups excluding carboxylic acids is 2. The Balaban J connectivity index is 1.14. The molecule has 2 N–H and O–H groups in total. The number of urea groups is 1. The summed E-state index contributed by atoms with van der Waals surface area (Å²) < 4.78 is 5.42. The quantitative estimate of drug-likeness (QED) is 0.628. The van der Waals surface area contributed by atoms with E-state index in [1.54, 1.807) is 25.2 Å². The average molecular weight is 443 g/mol. The Morgan fingerprint density at radius 3 is 2.64 bits per heavy atom. The molecule has 3 amide bonds. The number of ether oxygens (including phenoxy) is 1. The fourth-order valence-electron chi connectivity index (χ4n) is 4.26. The summed E-state index contributed by atoms with van der Waals surface area (Å²) in [6, 6.07) is 21.8. The lowest BCUT2D eigenvalue weighted by Crippen LogP contribution is -2.35. The van der Waals surface area contributed by atoms with Crippen molar-refractivity contribution in [2.75, 3.05) is 35.3 Å². The number of hydrogen-bond donors (Lipinski definition) is 2. The van der Waals surface area contributed by atoms with E-state index < -0.39 is 0 Å². The van der Waals surface area contributed by atoms with Crippen LogP contribution in [0.15, 0.2) is 66.7 Å². The Kier molecular flexibility index (Phi) is 5.60. The van der Waals surface area contributed by atoms with Gasteiger partial charge in [0.25, 0.3) is 5.91 Å². The van der Waals surface area contributed by atoms with Crippen LogP contribution in [0.2, 0.25) is 0 Å². The Bertz CT molecular complexity index is 1190. The largest absolute Gasteiger partial charge is 0.482 e. The Morgan fingerprint density at radius 2 is 1.79 bits per heavy atom. The van der Waals surface area contributed by atoms with Gasteiger partial charge < -0.3 is 25.2 Å². The van der Waals surface area contributed by atoms with Gasteiger partial charge in [-0.05, 0) is 47.4 Å². The van der Waals surface area contributed by atoms with Crippen LogP contribution in [-0.4, -0.2) is 32.1 Å². The van der Waals surface area contributed by atoms with Crippen molar-refractivity contribution in [3.63, 3.8) is 0 Å². The number of amides is 3. The van der Waals surface area contributed by atoms with Crippen LogP contribution in [0.4, 0.5) is 21.9 Å². The zero-order valence-electron chi connectivity index (χ0n) is 18.5. The van der Waals surface area contributed by atoms with Crippen LogP contribution < -0.4 is 25.2 Å². The van der Waals surface area contributed by atoms with Gasteiger partial charge in [-0.15, -0.1) is 0 Å². The van der Waals surface area contributed by atoms with Crippen LogP contribution in [0.5, 0.6) is 5.75 Å². The molecule has 7 heteroatoms. The highest BCUT2D eigenvalue weighted by Crippen LogP contribution is 2.33. The summed E-state index contributed by atoms with van der Waals surface area (Å²) in [7, 11) is 1.69. The molecule has 168 valence electrons. The van der Waals surface area contributed by atoms with E-state index in [1.807, 2.05) is 12.1 Å². The lowest BCUT2D eigenvalue weighted by molar-refractivity contribution is -0.120. The molecule has 2 aliphatic heterocycles. The molecule has 0 radical (unpaired) electrons. The van der Waals surface area contributed by atoms with Crippen LogP contribution in [0, 0.1) is 0 Å². The second-order valence-corrected chi connectivity index (χ2v) is 8.35. The summed E-state index contributed by atoms with van der Waals surface area (Å²) in [5, 5.41) is 5.70. The zero-order chi connectivity index (χ0) is 22.8. The molecular formula is C26H26N4O3. The third-order valence-corrected chi connectivity index (χ3v) is 6.14. The standard InChI is InChI=1S/C26H26N4O3/c1-29-23-14-21(10-11-24(23)33-17-25(29)31)28-26(32)27-15-18-6-8-19(9-7-18)16-30-13-12-20-4-2-3-5-22(20)30/h2-11,14H,12-13,15-17H2,1H3,(H2,27,28,32). The van der Waals surface area contributed by atoms with Gasteiger partial charge in [0.15, 0.2) is 6.61 Å². The maximum absolute atomic E-state index is 12.4. The third-order valence-electron chi connectivity index (χ3n) is 6.14. The number of rotatable bonds is 5. The van der Waals surface area contributed by atoms with Crippen molar-refractivity contribution in [3.8, 4) is 5.75 Å².